The molecular formula is C16H28O3. The molecule has 3 nitrogen and oxygen atoms in total. The molecular weight excluding hydrogens is 240 g/mol. The Morgan fingerprint density at radius 1 is 1.37 bits per heavy atom. The average Bonchev–Trinajstić information content (AvgIpc) is 2.45. The van der Waals surface area contributed by atoms with E-state index in [1.807, 2.05) is 6.92 Å². The second kappa shape index (κ2) is 9.29. The lowest BCUT2D eigenvalue weighted by Gasteiger charge is -2.22. The van der Waals surface area contributed by atoms with Crippen LogP contribution in [0.15, 0.2) is 23.3 Å². The van der Waals surface area contributed by atoms with Crippen LogP contribution in [0.3, 0.4) is 0 Å². The Kier molecular flexibility index (Phi) is 8.03. The third-order valence-electron chi connectivity index (χ3n) is 3.67. The second-order valence-electron chi connectivity index (χ2n) is 5.42. The van der Waals surface area contributed by atoms with E-state index in [-0.39, 0.29) is 12.9 Å². The molecule has 1 rings (SSSR count). The molecule has 1 heterocycles. The van der Waals surface area contributed by atoms with Gasteiger partial charge in [-0.05, 0) is 45.4 Å². The maximum Gasteiger partial charge on any atom is 0.157 e. The number of aliphatic hydroxyl groups excluding tert-OH is 1. The topological polar surface area (TPSA) is 38.7 Å². The van der Waals surface area contributed by atoms with Crippen LogP contribution in [0, 0.1) is 5.92 Å². The Labute approximate surface area is 117 Å². The minimum Gasteiger partial charge on any atom is -0.392 e. The van der Waals surface area contributed by atoms with Crippen molar-refractivity contribution in [2.24, 2.45) is 5.92 Å². The molecule has 2 atom stereocenters. The minimum atomic E-state index is -0.00960. The summed E-state index contributed by atoms with van der Waals surface area (Å²) in [5.74, 6) is 0.484. The average molecular weight is 268 g/mol. The largest absolute Gasteiger partial charge is 0.392 e. The van der Waals surface area contributed by atoms with Gasteiger partial charge in [0.2, 0.25) is 0 Å². The molecule has 1 fully saturated rings. The lowest BCUT2D eigenvalue weighted by molar-refractivity contribution is -0.155. The van der Waals surface area contributed by atoms with E-state index in [1.54, 1.807) is 0 Å². The van der Waals surface area contributed by atoms with Gasteiger partial charge in [-0.1, -0.05) is 30.2 Å². The summed E-state index contributed by atoms with van der Waals surface area (Å²) in [6, 6.07) is 0. The third kappa shape index (κ3) is 6.90. The molecule has 0 aromatic rings. The van der Waals surface area contributed by atoms with Gasteiger partial charge in [-0.25, -0.2) is 0 Å². The highest BCUT2D eigenvalue weighted by atomic mass is 16.7. The zero-order valence-electron chi connectivity index (χ0n) is 12.5. The fourth-order valence-electron chi connectivity index (χ4n) is 1.96. The first-order valence-electron chi connectivity index (χ1n) is 7.29. The van der Waals surface area contributed by atoms with Crippen LogP contribution in [0.5, 0.6) is 0 Å². The first kappa shape index (κ1) is 16.4. The van der Waals surface area contributed by atoms with Crippen molar-refractivity contribution >= 4 is 0 Å². The number of hydrogen-bond donors (Lipinski definition) is 1. The summed E-state index contributed by atoms with van der Waals surface area (Å²) >= 11 is 0. The predicted molar refractivity (Wildman–Crippen MR) is 77.9 cm³/mol. The normalized spacial score (nSPS) is 23.5. The number of hydrogen-bond acceptors (Lipinski definition) is 3. The fraction of sp³-hybridized carbons (Fsp3) is 0.750. The van der Waals surface area contributed by atoms with Crippen LogP contribution in [0.4, 0.5) is 0 Å². The van der Waals surface area contributed by atoms with Crippen molar-refractivity contribution in [3.05, 3.63) is 23.3 Å². The molecule has 1 aliphatic rings. The van der Waals surface area contributed by atoms with Crippen LogP contribution in [0.25, 0.3) is 0 Å². The van der Waals surface area contributed by atoms with Gasteiger partial charge in [0.25, 0.3) is 0 Å². The zero-order chi connectivity index (χ0) is 14.1. The van der Waals surface area contributed by atoms with Crippen molar-refractivity contribution in [2.75, 3.05) is 19.8 Å². The van der Waals surface area contributed by atoms with E-state index in [9.17, 15) is 0 Å². The highest BCUT2D eigenvalue weighted by Crippen LogP contribution is 2.17. The Bertz CT molecular complexity index is 301. The molecule has 1 aliphatic heterocycles. The molecule has 0 aromatic carbocycles. The van der Waals surface area contributed by atoms with Crippen molar-refractivity contribution in [3.8, 4) is 0 Å². The molecule has 0 saturated carbocycles. The van der Waals surface area contributed by atoms with E-state index in [0.29, 0.717) is 12.5 Å². The van der Waals surface area contributed by atoms with E-state index >= 15 is 0 Å². The van der Waals surface area contributed by atoms with Gasteiger partial charge >= 0.3 is 0 Å². The van der Waals surface area contributed by atoms with Crippen LogP contribution in [-0.4, -0.2) is 31.2 Å². The molecule has 0 aromatic heterocycles. The number of ether oxygens (including phenoxy) is 2. The molecule has 1 saturated heterocycles. The summed E-state index contributed by atoms with van der Waals surface area (Å²) in [6.07, 6.45) is 8.58. The number of allylic oxidation sites excluding steroid dienone is 2. The lowest BCUT2D eigenvalue weighted by Crippen LogP contribution is -2.22. The predicted octanol–water partition coefficient (Wildman–Crippen LogP) is 3.44. The number of rotatable bonds is 7. The summed E-state index contributed by atoms with van der Waals surface area (Å²) in [5, 5.41) is 8.96. The van der Waals surface area contributed by atoms with Crippen molar-refractivity contribution in [1.29, 1.82) is 0 Å². The molecule has 0 radical (unpaired) electrons. The summed E-state index contributed by atoms with van der Waals surface area (Å²) in [6.45, 7) is 7.90. The van der Waals surface area contributed by atoms with Crippen LogP contribution < -0.4 is 0 Å². The highest BCUT2D eigenvalue weighted by molar-refractivity contribution is 5.07. The van der Waals surface area contributed by atoms with Crippen molar-refractivity contribution in [1.82, 2.24) is 0 Å². The van der Waals surface area contributed by atoms with Gasteiger partial charge in [0, 0.05) is 6.61 Å². The molecule has 0 bridgehead atoms. The van der Waals surface area contributed by atoms with Gasteiger partial charge in [0.05, 0.1) is 13.2 Å². The molecule has 2 unspecified atom stereocenters. The molecule has 0 aliphatic carbocycles. The SMILES string of the molecule is C/C(=C\CC(C)/C(C)=C/COC1CCCCO1)CO. The molecule has 19 heavy (non-hydrogen) atoms. The van der Waals surface area contributed by atoms with Crippen LogP contribution in [0.2, 0.25) is 0 Å². The first-order valence-corrected chi connectivity index (χ1v) is 7.29. The maximum absolute atomic E-state index is 8.96. The highest BCUT2D eigenvalue weighted by Gasteiger charge is 2.13. The first-order chi connectivity index (χ1) is 9.13. The van der Waals surface area contributed by atoms with Crippen molar-refractivity contribution in [3.63, 3.8) is 0 Å². The summed E-state index contributed by atoms with van der Waals surface area (Å²) in [5.41, 5.74) is 2.37. The number of aliphatic hydroxyl groups is 1. The van der Waals surface area contributed by atoms with E-state index in [0.717, 1.165) is 31.4 Å². The summed E-state index contributed by atoms with van der Waals surface area (Å²) < 4.78 is 11.2. The lowest BCUT2D eigenvalue weighted by atomic mass is 9.98. The van der Waals surface area contributed by atoms with E-state index < -0.39 is 0 Å². The smallest absolute Gasteiger partial charge is 0.157 e. The maximum atomic E-state index is 8.96. The standard InChI is InChI=1S/C16H28O3/c1-13(12-17)7-8-14(2)15(3)9-11-19-16-6-4-5-10-18-16/h7,9,14,16-17H,4-6,8,10-12H2,1-3H3/b13-7+,15-9+. The Balaban J connectivity index is 2.26. The zero-order valence-corrected chi connectivity index (χ0v) is 12.5. The second-order valence-corrected chi connectivity index (χ2v) is 5.42. The van der Waals surface area contributed by atoms with Gasteiger partial charge in [0.1, 0.15) is 0 Å². The fourth-order valence-corrected chi connectivity index (χ4v) is 1.96. The van der Waals surface area contributed by atoms with Gasteiger partial charge in [-0.2, -0.15) is 0 Å². The van der Waals surface area contributed by atoms with Gasteiger partial charge < -0.3 is 14.6 Å². The van der Waals surface area contributed by atoms with Gasteiger partial charge in [-0.15, -0.1) is 0 Å². The minimum absolute atomic E-state index is 0.00960. The van der Waals surface area contributed by atoms with Crippen LogP contribution in [0.1, 0.15) is 46.5 Å². The van der Waals surface area contributed by atoms with Crippen molar-refractivity contribution in [2.45, 2.75) is 52.7 Å². The van der Waals surface area contributed by atoms with Crippen LogP contribution >= 0.6 is 0 Å². The molecule has 0 amide bonds. The van der Waals surface area contributed by atoms with Gasteiger partial charge in [-0.3, -0.25) is 0 Å². The Morgan fingerprint density at radius 2 is 2.16 bits per heavy atom. The molecule has 110 valence electrons. The Morgan fingerprint density at radius 3 is 2.79 bits per heavy atom. The molecule has 0 spiro atoms. The van der Waals surface area contributed by atoms with E-state index in [4.69, 9.17) is 14.6 Å². The molecule has 3 heteroatoms. The van der Waals surface area contributed by atoms with E-state index in [2.05, 4.69) is 26.0 Å². The Hall–Kier alpha value is -0.640. The molecule has 1 N–H and O–H groups in total. The summed E-state index contributed by atoms with van der Waals surface area (Å²) in [7, 11) is 0. The third-order valence-corrected chi connectivity index (χ3v) is 3.67. The monoisotopic (exact) mass is 268 g/mol. The summed E-state index contributed by atoms with van der Waals surface area (Å²) in [4.78, 5) is 0. The van der Waals surface area contributed by atoms with Gasteiger partial charge in [0.15, 0.2) is 6.29 Å². The van der Waals surface area contributed by atoms with Crippen LogP contribution in [-0.2, 0) is 9.47 Å². The van der Waals surface area contributed by atoms with Crippen molar-refractivity contribution < 1.29 is 14.6 Å². The quantitative estimate of drug-likeness (QED) is 0.719. The van der Waals surface area contributed by atoms with E-state index in [1.165, 1.54) is 12.0 Å².